The molecule has 0 heterocycles. The van der Waals surface area contributed by atoms with Gasteiger partial charge in [-0.25, -0.2) is 0 Å². The van der Waals surface area contributed by atoms with Crippen molar-refractivity contribution in [3.8, 4) is 0 Å². The monoisotopic (exact) mass is 199 g/mol. The van der Waals surface area contributed by atoms with Crippen molar-refractivity contribution in [3.05, 3.63) is 12.2 Å². The van der Waals surface area contributed by atoms with Crippen LogP contribution in [0.1, 0.15) is 6.42 Å². The molecule has 4 heteroatoms. The topological polar surface area (TPSA) is 26.0 Å². The molecule has 0 unspecified atom stereocenters. The van der Waals surface area contributed by atoms with Crippen molar-refractivity contribution in [3.63, 3.8) is 0 Å². The van der Waals surface area contributed by atoms with Crippen molar-refractivity contribution < 1.29 is 8.78 Å². The first-order chi connectivity index (χ1) is 4.06. The maximum atomic E-state index is 11.8. The highest BCUT2D eigenvalue weighted by molar-refractivity contribution is 9.10. The molecule has 0 aromatic heterocycles. The number of rotatable bonds is 3. The van der Waals surface area contributed by atoms with E-state index < -0.39 is 4.83 Å². The number of hydrogen-bond acceptors (Lipinski definition) is 1. The minimum Gasteiger partial charge on any atom is -0.330 e. The first-order valence-corrected chi connectivity index (χ1v) is 3.30. The van der Waals surface area contributed by atoms with E-state index in [-0.39, 0.29) is 0 Å². The Hall–Kier alpha value is 0.0400. The molecule has 1 nitrogen and oxygen atoms in total. The van der Waals surface area contributed by atoms with Gasteiger partial charge in [0.05, 0.1) is 0 Å². The van der Waals surface area contributed by atoms with E-state index in [0.717, 1.165) is 6.08 Å². The van der Waals surface area contributed by atoms with Gasteiger partial charge in [0.2, 0.25) is 0 Å². The van der Waals surface area contributed by atoms with Crippen LogP contribution in [0.4, 0.5) is 8.78 Å². The normalized spacial score (nSPS) is 12.9. The third kappa shape index (κ3) is 8.04. The minimum absolute atomic E-state index is 0.402. The van der Waals surface area contributed by atoms with E-state index in [1.54, 1.807) is 0 Å². The van der Waals surface area contributed by atoms with Gasteiger partial charge in [-0.3, -0.25) is 0 Å². The van der Waals surface area contributed by atoms with Crippen LogP contribution in [0.5, 0.6) is 0 Å². The molecule has 0 saturated heterocycles. The highest BCUT2D eigenvalue weighted by atomic mass is 79.9. The smallest absolute Gasteiger partial charge is 0.319 e. The molecule has 0 spiro atoms. The SMILES string of the molecule is NCC/C=C/C(F)(F)Br. The number of nitrogens with two attached hydrogens (primary N) is 1. The maximum Gasteiger partial charge on any atom is 0.319 e. The van der Waals surface area contributed by atoms with Crippen LogP contribution < -0.4 is 5.73 Å². The first kappa shape index (κ1) is 9.04. The summed E-state index contributed by atoms with van der Waals surface area (Å²) in [6, 6.07) is 0. The number of halogens is 3. The van der Waals surface area contributed by atoms with Crippen molar-refractivity contribution in [1.82, 2.24) is 0 Å². The van der Waals surface area contributed by atoms with Crippen molar-refractivity contribution in [2.75, 3.05) is 6.54 Å². The van der Waals surface area contributed by atoms with Crippen molar-refractivity contribution >= 4 is 15.9 Å². The van der Waals surface area contributed by atoms with Crippen LogP contribution in [0.2, 0.25) is 0 Å². The van der Waals surface area contributed by atoms with E-state index in [4.69, 9.17) is 5.73 Å². The molecule has 0 aliphatic carbocycles. The van der Waals surface area contributed by atoms with Gasteiger partial charge in [-0.1, -0.05) is 6.08 Å². The molecule has 0 aliphatic heterocycles. The third-order valence-corrected chi connectivity index (χ3v) is 0.904. The summed E-state index contributed by atoms with van der Waals surface area (Å²) in [6.45, 7) is 0.402. The molecule has 0 bridgehead atoms. The lowest BCUT2D eigenvalue weighted by Crippen LogP contribution is -2.00. The highest BCUT2D eigenvalue weighted by Crippen LogP contribution is 2.22. The lowest BCUT2D eigenvalue weighted by atomic mass is 10.4. The van der Waals surface area contributed by atoms with Gasteiger partial charge in [0, 0.05) is 0 Å². The molecule has 0 saturated carbocycles. The van der Waals surface area contributed by atoms with E-state index in [9.17, 15) is 8.78 Å². The summed E-state index contributed by atoms with van der Waals surface area (Å²) in [4.78, 5) is -2.87. The Morgan fingerprint density at radius 2 is 2.11 bits per heavy atom. The lowest BCUT2D eigenvalue weighted by Gasteiger charge is -1.97. The molecule has 0 amide bonds. The van der Waals surface area contributed by atoms with Gasteiger partial charge in [-0.05, 0) is 35.0 Å². The zero-order valence-electron chi connectivity index (χ0n) is 4.78. The van der Waals surface area contributed by atoms with Gasteiger partial charge in [0.25, 0.3) is 0 Å². The second-order valence-corrected chi connectivity index (χ2v) is 2.58. The van der Waals surface area contributed by atoms with Crippen LogP contribution >= 0.6 is 15.9 Å². The molecule has 0 atom stereocenters. The Labute approximate surface area is 61.0 Å². The standard InChI is InChI=1S/C5H8BrF2N/c6-5(7,8)3-1-2-4-9/h1,3H,2,4,9H2/b3-1+. The number of alkyl halides is 3. The average molecular weight is 200 g/mol. The number of allylic oxidation sites excluding steroid dienone is 1. The molecular formula is C5H8BrF2N. The van der Waals surface area contributed by atoms with Gasteiger partial charge in [-0.2, -0.15) is 8.78 Å². The van der Waals surface area contributed by atoms with E-state index >= 15 is 0 Å². The fourth-order valence-electron chi connectivity index (χ4n) is 0.313. The summed E-state index contributed by atoms with van der Waals surface area (Å²) in [5.41, 5.74) is 5.05. The average Bonchev–Trinajstić information content (AvgIpc) is 1.63. The molecule has 54 valence electrons. The predicted molar refractivity (Wildman–Crippen MR) is 36.7 cm³/mol. The Bertz CT molecular complexity index is 97.6. The fourth-order valence-corrected chi connectivity index (χ4v) is 0.500. The van der Waals surface area contributed by atoms with E-state index in [0.29, 0.717) is 13.0 Å². The summed E-state index contributed by atoms with van der Waals surface area (Å²) in [7, 11) is 0. The molecule has 2 N–H and O–H groups in total. The Morgan fingerprint density at radius 3 is 2.44 bits per heavy atom. The van der Waals surface area contributed by atoms with E-state index in [2.05, 4.69) is 15.9 Å². The summed E-state index contributed by atoms with van der Waals surface area (Å²) in [6.07, 6.45) is 2.61. The minimum atomic E-state index is -2.87. The van der Waals surface area contributed by atoms with Crippen LogP contribution in [-0.2, 0) is 0 Å². The van der Waals surface area contributed by atoms with Gasteiger partial charge in [0.1, 0.15) is 0 Å². The highest BCUT2D eigenvalue weighted by Gasteiger charge is 2.17. The van der Waals surface area contributed by atoms with Crippen LogP contribution in [-0.4, -0.2) is 11.4 Å². The molecule has 0 aromatic carbocycles. The Morgan fingerprint density at radius 1 is 1.56 bits per heavy atom. The zero-order chi connectivity index (χ0) is 7.33. The van der Waals surface area contributed by atoms with Crippen LogP contribution in [0.3, 0.4) is 0 Å². The molecule has 0 fully saturated rings. The lowest BCUT2D eigenvalue weighted by molar-refractivity contribution is 0.171. The van der Waals surface area contributed by atoms with Gasteiger partial charge >= 0.3 is 4.83 Å². The summed E-state index contributed by atoms with van der Waals surface area (Å²) in [5.74, 6) is 0. The summed E-state index contributed by atoms with van der Waals surface area (Å²) in [5, 5.41) is 0. The van der Waals surface area contributed by atoms with Crippen molar-refractivity contribution in [2.45, 2.75) is 11.3 Å². The maximum absolute atomic E-state index is 11.8. The quantitative estimate of drug-likeness (QED) is 0.546. The molecule has 0 aliphatic rings. The summed E-state index contributed by atoms with van der Waals surface area (Å²) >= 11 is 2.15. The second kappa shape index (κ2) is 3.95. The first-order valence-electron chi connectivity index (χ1n) is 2.51. The molecule has 0 radical (unpaired) electrons. The molecule has 0 aromatic rings. The molecular weight excluding hydrogens is 192 g/mol. The molecule has 9 heavy (non-hydrogen) atoms. The van der Waals surface area contributed by atoms with Crippen molar-refractivity contribution in [2.24, 2.45) is 5.73 Å². The molecule has 0 rings (SSSR count). The van der Waals surface area contributed by atoms with Gasteiger partial charge < -0.3 is 5.73 Å². The van der Waals surface area contributed by atoms with Crippen LogP contribution in [0.15, 0.2) is 12.2 Å². The second-order valence-electron chi connectivity index (χ2n) is 1.52. The zero-order valence-corrected chi connectivity index (χ0v) is 6.37. The number of hydrogen-bond donors (Lipinski definition) is 1. The van der Waals surface area contributed by atoms with Gasteiger partial charge in [0.15, 0.2) is 0 Å². The van der Waals surface area contributed by atoms with Gasteiger partial charge in [-0.15, -0.1) is 0 Å². The van der Waals surface area contributed by atoms with E-state index in [1.807, 2.05) is 0 Å². The fraction of sp³-hybridized carbons (Fsp3) is 0.600. The predicted octanol–water partition coefficient (Wildman–Crippen LogP) is 1.88. The third-order valence-electron chi connectivity index (χ3n) is 0.640. The summed E-state index contributed by atoms with van der Waals surface area (Å²) < 4.78 is 23.7. The van der Waals surface area contributed by atoms with Crippen molar-refractivity contribution in [1.29, 1.82) is 0 Å². The van der Waals surface area contributed by atoms with Crippen LogP contribution in [0.25, 0.3) is 0 Å². The largest absolute Gasteiger partial charge is 0.330 e. The Balaban J connectivity index is 3.45. The van der Waals surface area contributed by atoms with E-state index in [1.165, 1.54) is 6.08 Å². The van der Waals surface area contributed by atoms with Crippen LogP contribution in [0, 0.1) is 0 Å². The Kier molecular flexibility index (Phi) is 3.97.